The molecular weight excluding hydrogens is 254 g/mol. The number of ether oxygens (including phenoxy) is 1. The molecule has 18 heavy (non-hydrogen) atoms. The maximum absolute atomic E-state index is 11.5. The van der Waals surface area contributed by atoms with E-state index < -0.39 is 11.5 Å². The molecule has 0 bridgehead atoms. The lowest BCUT2D eigenvalue weighted by Crippen LogP contribution is -2.42. The largest absolute Gasteiger partial charge is 0.453 e. The molecule has 3 N–H and O–H groups in total. The molecule has 0 aliphatic carbocycles. The Balaban J connectivity index is 1.99. The van der Waals surface area contributed by atoms with Crippen molar-refractivity contribution in [1.29, 1.82) is 0 Å². The quantitative estimate of drug-likeness (QED) is 0.363. The lowest BCUT2D eigenvalue weighted by atomic mass is 10.1. The van der Waals surface area contributed by atoms with Gasteiger partial charge in [-0.25, -0.2) is 15.0 Å². The Morgan fingerprint density at radius 2 is 2.28 bits per heavy atom. The van der Waals surface area contributed by atoms with Crippen molar-refractivity contribution in [2.75, 3.05) is 5.94 Å². The Labute approximate surface area is 108 Å². The summed E-state index contributed by atoms with van der Waals surface area (Å²) in [7, 11) is 0. The van der Waals surface area contributed by atoms with Gasteiger partial charge >= 0.3 is 5.97 Å². The minimum atomic E-state index is -0.991. The number of hydrogen-bond donors (Lipinski definition) is 2. The summed E-state index contributed by atoms with van der Waals surface area (Å²) in [6.07, 6.45) is 2.96. The highest BCUT2D eigenvalue weighted by atomic mass is 32.2. The summed E-state index contributed by atoms with van der Waals surface area (Å²) in [6, 6.07) is 0. The van der Waals surface area contributed by atoms with Crippen LogP contribution in [0.5, 0.6) is 0 Å². The molecule has 0 unspecified atom stereocenters. The smallest absolute Gasteiger partial charge is 0.326 e. The van der Waals surface area contributed by atoms with E-state index in [4.69, 9.17) is 10.5 Å². The summed E-state index contributed by atoms with van der Waals surface area (Å²) in [5, 5.41) is 0.681. The van der Waals surface area contributed by atoms with Crippen LogP contribution >= 0.6 is 11.8 Å². The van der Waals surface area contributed by atoms with Gasteiger partial charge in [-0.1, -0.05) is 11.8 Å². The van der Waals surface area contributed by atoms with Crippen LogP contribution in [0.1, 0.15) is 13.8 Å². The molecule has 96 valence electrons. The van der Waals surface area contributed by atoms with Crippen LogP contribution in [-0.2, 0) is 9.53 Å². The van der Waals surface area contributed by atoms with Crippen LogP contribution in [0.4, 0.5) is 0 Å². The molecule has 2 aromatic heterocycles. The van der Waals surface area contributed by atoms with E-state index in [0.717, 1.165) is 5.52 Å². The number of H-pyrrole nitrogens is 1. The fourth-order valence-corrected chi connectivity index (χ4v) is 1.87. The second kappa shape index (κ2) is 4.91. The van der Waals surface area contributed by atoms with E-state index in [1.54, 1.807) is 20.2 Å². The summed E-state index contributed by atoms with van der Waals surface area (Å²) in [5.74, 6) is -0.310. The molecule has 0 atom stereocenters. The number of aromatic amines is 1. The Kier molecular flexibility index (Phi) is 3.48. The zero-order valence-corrected chi connectivity index (χ0v) is 10.8. The molecular formula is C10H13N5O2S. The lowest BCUT2D eigenvalue weighted by Gasteiger charge is -2.16. The van der Waals surface area contributed by atoms with Crippen LogP contribution < -0.4 is 5.73 Å². The summed E-state index contributed by atoms with van der Waals surface area (Å²) < 4.78 is 5.04. The first-order chi connectivity index (χ1) is 8.48. The number of carbonyl (C=O) groups is 1. The normalized spacial score (nSPS) is 11.7. The molecule has 0 radical (unpaired) electrons. The number of rotatable bonds is 4. The van der Waals surface area contributed by atoms with Crippen molar-refractivity contribution in [3.63, 3.8) is 0 Å². The van der Waals surface area contributed by atoms with Gasteiger partial charge in [0.25, 0.3) is 0 Å². The van der Waals surface area contributed by atoms with E-state index in [-0.39, 0.29) is 5.94 Å². The lowest BCUT2D eigenvalue weighted by molar-refractivity contribution is -0.146. The highest BCUT2D eigenvalue weighted by molar-refractivity contribution is 7.99. The summed E-state index contributed by atoms with van der Waals surface area (Å²) in [6.45, 7) is 3.19. The van der Waals surface area contributed by atoms with Gasteiger partial charge in [0.05, 0.1) is 6.33 Å². The minimum absolute atomic E-state index is 0.143. The van der Waals surface area contributed by atoms with Crippen LogP contribution in [0.25, 0.3) is 11.2 Å². The van der Waals surface area contributed by atoms with Gasteiger partial charge in [-0.05, 0) is 13.8 Å². The predicted octanol–water partition coefficient (Wildman–Crippen LogP) is 0.683. The fraction of sp³-hybridized carbons (Fsp3) is 0.400. The van der Waals surface area contributed by atoms with Crippen LogP contribution in [0.2, 0.25) is 0 Å². The van der Waals surface area contributed by atoms with Crippen LogP contribution in [0.3, 0.4) is 0 Å². The Morgan fingerprint density at radius 3 is 3.00 bits per heavy atom. The first kappa shape index (κ1) is 12.8. The second-order valence-corrected chi connectivity index (χ2v) is 5.11. The van der Waals surface area contributed by atoms with E-state index in [9.17, 15) is 4.79 Å². The van der Waals surface area contributed by atoms with Gasteiger partial charge in [0, 0.05) is 0 Å². The number of imidazole rings is 1. The number of fused-ring (bicyclic) bond motifs is 1. The monoisotopic (exact) mass is 267 g/mol. The Bertz CT molecular complexity index is 563. The molecule has 2 heterocycles. The maximum atomic E-state index is 11.5. The highest BCUT2D eigenvalue weighted by Gasteiger charge is 2.23. The van der Waals surface area contributed by atoms with E-state index in [0.29, 0.717) is 10.7 Å². The average Bonchev–Trinajstić information content (AvgIpc) is 2.76. The molecule has 2 rings (SSSR count). The number of carbonyl (C=O) groups excluding carboxylic acids is 1. The molecule has 0 fully saturated rings. The molecule has 0 aromatic carbocycles. The van der Waals surface area contributed by atoms with E-state index >= 15 is 0 Å². The van der Waals surface area contributed by atoms with Gasteiger partial charge in [0.2, 0.25) is 0 Å². The number of thioether (sulfide) groups is 1. The summed E-state index contributed by atoms with van der Waals surface area (Å²) in [5.41, 5.74) is 5.93. The molecule has 0 saturated heterocycles. The van der Waals surface area contributed by atoms with Crippen LogP contribution in [0.15, 0.2) is 17.7 Å². The van der Waals surface area contributed by atoms with Crippen molar-refractivity contribution in [3.05, 3.63) is 12.7 Å². The number of aromatic nitrogens is 4. The summed E-state index contributed by atoms with van der Waals surface area (Å²) in [4.78, 5) is 26.5. The molecule has 0 saturated carbocycles. The van der Waals surface area contributed by atoms with Crippen molar-refractivity contribution in [3.8, 4) is 0 Å². The standard InChI is InChI=1S/C10H13N5O2S/c1-10(2,11)9(16)17-5-18-8-6-7(13-3-12-6)14-4-15-8/h3-4H,5,11H2,1-2H3,(H,12,13,14,15). The van der Waals surface area contributed by atoms with Gasteiger partial charge in [-0.15, -0.1) is 0 Å². The van der Waals surface area contributed by atoms with E-state index in [1.165, 1.54) is 18.1 Å². The van der Waals surface area contributed by atoms with Crippen molar-refractivity contribution < 1.29 is 9.53 Å². The van der Waals surface area contributed by atoms with Crippen LogP contribution in [0, 0.1) is 0 Å². The minimum Gasteiger partial charge on any atom is -0.453 e. The molecule has 0 spiro atoms. The second-order valence-electron chi connectivity index (χ2n) is 4.20. The number of esters is 1. The van der Waals surface area contributed by atoms with Crippen LogP contribution in [-0.4, -0.2) is 37.4 Å². The molecule has 7 nitrogen and oxygen atoms in total. The van der Waals surface area contributed by atoms with E-state index in [1.807, 2.05) is 0 Å². The Morgan fingerprint density at radius 1 is 1.50 bits per heavy atom. The van der Waals surface area contributed by atoms with Gasteiger partial charge in [0.1, 0.15) is 28.3 Å². The Hall–Kier alpha value is -1.67. The third-order valence-electron chi connectivity index (χ3n) is 2.10. The number of nitrogens with one attached hydrogen (secondary N) is 1. The van der Waals surface area contributed by atoms with Gasteiger partial charge in [0.15, 0.2) is 5.65 Å². The topological polar surface area (TPSA) is 107 Å². The summed E-state index contributed by atoms with van der Waals surface area (Å²) >= 11 is 1.28. The SMILES string of the molecule is CC(C)(N)C(=O)OCSc1ncnc2nc[nH]c12. The first-order valence-electron chi connectivity index (χ1n) is 5.21. The highest BCUT2D eigenvalue weighted by Crippen LogP contribution is 2.22. The molecule has 8 heteroatoms. The van der Waals surface area contributed by atoms with Crippen molar-refractivity contribution in [2.45, 2.75) is 24.4 Å². The maximum Gasteiger partial charge on any atom is 0.326 e. The van der Waals surface area contributed by atoms with Gasteiger partial charge < -0.3 is 15.5 Å². The zero-order valence-electron chi connectivity index (χ0n) is 10.0. The number of hydrogen-bond acceptors (Lipinski definition) is 7. The third-order valence-corrected chi connectivity index (χ3v) is 2.92. The molecule has 2 aromatic rings. The van der Waals surface area contributed by atoms with Crippen molar-refractivity contribution in [1.82, 2.24) is 19.9 Å². The predicted molar refractivity (Wildman–Crippen MR) is 66.8 cm³/mol. The zero-order chi connectivity index (χ0) is 13.2. The van der Waals surface area contributed by atoms with Crippen molar-refractivity contribution >= 4 is 28.9 Å². The fourth-order valence-electron chi connectivity index (χ4n) is 1.18. The number of nitrogens with two attached hydrogens (primary N) is 1. The van der Waals surface area contributed by atoms with Gasteiger partial charge in [-0.2, -0.15) is 0 Å². The van der Waals surface area contributed by atoms with Gasteiger partial charge in [-0.3, -0.25) is 4.79 Å². The third kappa shape index (κ3) is 2.77. The van der Waals surface area contributed by atoms with Crippen molar-refractivity contribution in [2.24, 2.45) is 5.73 Å². The first-order valence-corrected chi connectivity index (χ1v) is 6.20. The molecule has 0 aliphatic rings. The average molecular weight is 267 g/mol. The molecule has 0 amide bonds. The van der Waals surface area contributed by atoms with E-state index in [2.05, 4.69) is 19.9 Å². The molecule has 0 aliphatic heterocycles. The number of nitrogens with zero attached hydrogens (tertiary/aromatic N) is 3.